The quantitative estimate of drug-likeness (QED) is 0.0216. The molecule has 18 heteroatoms. The smallest absolute Gasteiger partial charge is 0.303 e. The van der Waals surface area contributed by atoms with Crippen molar-refractivity contribution in [3.05, 3.63) is 107 Å². The summed E-state index contributed by atoms with van der Waals surface area (Å²) in [6.07, 6.45) is -0.628. The van der Waals surface area contributed by atoms with E-state index < -0.39 is 50.6 Å². The van der Waals surface area contributed by atoms with Crippen molar-refractivity contribution in [3.8, 4) is 11.5 Å². The molecule has 2 amide bonds. The molecule has 0 aromatic heterocycles. The first kappa shape index (κ1) is 58.4. The second kappa shape index (κ2) is 30.0. The second-order valence-corrected chi connectivity index (χ2v) is 19.4. The maximum absolute atomic E-state index is 13.8. The molecule has 1 saturated heterocycles. The Labute approximate surface area is 421 Å². The summed E-state index contributed by atoms with van der Waals surface area (Å²) in [5.41, 5.74) is 1.30. The van der Waals surface area contributed by atoms with E-state index in [4.69, 9.17) is 48.8 Å². The lowest BCUT2D eigenvalue weighted by Crippen LogP contribution is -2.53. The van der Waals surface area contributed by atoms with Gasteiger partial charge in [0.05, 0.1) is 33.5 Å². The van der Waals surface area contributed by atoms with Crippen molar-refractivity contribution >= 4 is 32.3 Å². The minimum Gasteiger partial charge on any atom is -0.497 e. The molecule has 17 nitrogen and oxygen atoms in total. The summed E-state index contributed by atoms with van der Waals surface area (Å²) in [5.74, 6) is -0.365. The highest BCUT2D eigenvalue weighted by Gasteiger charge is 2.45. The zero-order valence-corrected chi connectivity index (χ0v) is 43.9. The Hall–Kier alpha value is -5.18. The maximum Gasteiger partial charge on any atom is 0.303 e. The van der Waals surface area contributed by atoms with Crippen LogP contribution < -0.4 is 20.1 Å². The summed E-state index contributed by atoms with van der Waals surface area (Å²) < 4.78 is 56.1. The van der Waals surface area contributed by atoms with Crippen molar-refractivity contribution in [2.24, 2.45) is 11.8 Å². The molecule has 390 valence electrons. The fraction of sp³-hybridized carbons (Fsp3) is 0.566. The number of carbonyl (C=O) groups is 4. The van der Waals surface area contributed by atoms with E-state index in [0.717, 1.165) is 16.7 Å². The molecule has 7 atom stereocenters. The van der Waals surface area contributed by atoms with Gasteiger partial charge in [0.2, 0.25) is 18.4 Å². The van der Waals surface area contributed by atoms with Crippen LogP contribution in [0.4, 0.5) is 0 Å². The van der Waals surface area contributed by atoms with E-state index in [1.54, 1.807) is 14.2 Å². The lowest BCUT2D eigenvalue weighted by atomic mass is 9.80. The number of nitrogens with zero attached hydrogens (tertiary/aromatic N) is 2. The van der Waals surface area contributed by atoms with Crippen molar-refractivity contribution in [2.75, 3.05) is 60.3 Å². The Balaban J connectivity index is 1.46. The van der Waals surface area contributed by atoms with Crippen molar-refractivity contribution < 1.29 is 61.4 Å². The Morgan fingerprint density at radius 3 is 1.92 bits per heavy atom. The standard InChI is InChI=1S/C53H75N4O13P/c1-36(2)57(37(3)4)71(67-32-30-54-9)68-34-45(33-66-53(42-17-13-12-14-18-42,43-20-24-46(62-10)25-21-43)44-22-26-47(63-11)27-23-44)56-50(61)28-29-55-49(60)19-15-16-31-64-52-39(6)38(5)51(69-41(8)59)48(70-52)35-65-40(7)58/h12-14,17-18,20-27,36-39,45,48,51-52H,15-16,19,28-35H2,1-8,10-11H3,(H,55,60)(H,56,61). The number of esters is 2. The van der Waals surface area contributed by atoms with Gasteiger partial charge in [-0.15, -0.1) is 0 Å². The average Bonchev–Trinajstić information content (AvgIpc) is 3.35. The van der Waals surface area contributed by atoms with Gasteiger partial charge >= 0.3 is 11.9 Å². The summed E-state index contributed by atoms with van der Waals surface area (Å²) >= 11 is 0. The number of rotatable bonds is 30. The van der Waals surface area contributed by atoms with Crippen LogP contribution in [-0.4, -0.2) is 125 Å². The Morgan fingerprint density at radius 2 is 1.37 bits per heavy atom. The molecule has 7 unspecified atom stereocenters. The van der Waals surface area contributed by atoms with Gasteiger partial charge in [-0.3, -0.25) is 19.2 Å². The van der Waals surface area contributed by atoms with Crippen LogP contribution in [0.1, 0.15) is 97.8 Å². The molecule has 0 spiro atoms. The molecule has 1 aliphatic heterocycles. The molecule has 1 heterocycles. The molecule has 0 bridgehead atoms. The van der Waals surface area contributed by atoms with Crippen molar-refractivity contribution in [1.29, 1.82) is 0 Å². The van der Waals surface area contributed by atoms with Crippen LogP contribution in [0.3, 0.4) is 0 Å². The van der Waals surface area contributed by atoms with Crippen LogP contribution in [0.25, 0.3) is 4.85 Å². The first-order chi connectivity index (χ1) is 34.0. The van der Waals surface area contributed by atoms with Gasteiger partial charge in [0.15, 0.2) is 6.29 Å². The van der Waals surface area contributed by atoms with Gasteiger partial charge in [0.1, 0.15) is 42.5 Å². The summed E-state index contributed by atoms with van der Waals surface area (Å²) in [6, 6.07) is 24.6. The van der Waals surface area contributed by atoms with E-state index in [1.807, 2.05) is 92.7 Å². The third-order valence-corrected chi connectivity index (χ3v) is 14.1. The molecular weight excluding hydrogens is 932 g/mol. The van der Waals surface area contributed by atoms with Crippen molar-refractivity contribution in [3.63, 3.8) is 0 Å². The van der Waals surface area contributed by atoms with E-state index in [0.29, 0.717) is 30.9 Å². The van der Waals surface area contributed by atoms with Gasteiger partial charge in [-0.05, 0) is 81.5 Å². The van der Waals surface area contributed by atoms with E-state index in [-0.39, 0.29) is 88.1 Å². The third kappa shape index (κ3) is 17.8. The number of ether oxygens (including phenoxy) is 7. The SMILES string of the molecule is [C-]#[N+]CCOP(OCC(COC(c1ccccc1)(c1ccc(OC)cc1)c1ccc(OC)cc1)NC(=O)CCNC(=O)CCCCOC1OC(COC(C)=O)C(OC(C)=O)C(C)C1C)N(C(C)C)C(C)C. The molecular formula is C53H75N4O13P. The number of amides is 2. The number of hydrogen-bond acceptors (Lipinski definition) is 14. The Bertz CT molecular complexity index is 2070. The van der Waals surface area contributed by atoms with Gasteiger partial charge in [-0.25, -0.2) is 11.2 Å². The number of hydrogen-bond donors (Lipinski definition) is 2. The van der Waals surface area contributed by atoms with E-state index in [2.05, 4.69) is 47.8 Å². The Kier molecular flexibility index (Phi) is 24.7. The average molecular weight is 1010 g/mol. The molecule has 1 aliphatic rings. The molecule has 71 heavy (non-hydrogen) atoms. The van der Waals surface area contributed by atoms with Crippen LogP contribution >= 0.6 is 8.53 Å². The predicted molar refractivity (Wildman–Crippen MR) is 269 cm³/mol. The molecule has 3 aromatic rings. The third-order valence-electron chi connectivity index (χ3n) is 12.0. The normalized spacial score (nSPS) is 18.8. The fourth-order valence-corrected chi connectivity index (χ4v) is 9.98. The highest BCUT2D eigenvalue weighted by atomic mass is 31.2. The lowest BCUT2D eigenvalue weighted by molar-refractivity contribution is -0.273. The van der Waals surface area contributed by atoms with E-state index in [9.17, 15) is 19.2 Å². The molecule has 0 radical (unpaired) electrons. The summed E-state index contributed by atoms with van der Waals surface area (Å²) in [5, 5.41) is 6.00. The number of unbranched alkanes of at least 4 members (excludes halogenated alkanes) is 1. The molecule has 4 rings (SSSR count). The van der Waals surface area contributed by atoms with Crippen molar-refractivity contribution in [1.82, 2.24) is 15.3 Å². The summed E-state index contributed by atoms with van der Waals surface area (Å²) in [7, 11) is 1.58. The minimum absolute atomic E-state index is 0.00901. The molecule has 0 saturated carbocycles. The molecule has 3 aromatic carbocycles. The molecule has 1 fully saturated rings. The van der Waals surface area contributed by atoms with Gasteiger partial charge < -0.3 is 57.7 Å². The van der Waals surface area contributed by atoms with Crippen LogP contribution in [0.15, 0.2) is 78.9 Å². The second-order valence-electron chi connectivity index (χ2n) is 18.0. The first-order valence-corrected chi connectivity index (χ1v) is 25.5. The predicted octanol–water partition coefficient (Wildman–Crippen LogP) is 7.98. The van der Waals surface area contributed by atoms with Gasteiger partial charge in [0.25, 0.3) is 8.53 Å². The topological polar surface area (TPSA) is 183 Å². The van der Waals surface area contributed by atoms with Crippen molar-refractivity contribution in [2.45, 2.75) is 123 Å². The van der Waals surface area contributed by atoms with E-state index in [1.165, 1.54) is 13.8 Å². The monoisotopic (exact) mass is 1010 g/mol. The summed E-state index contributed by atoms with van der Waals surface area (Å²) in [4.78, 5) is 53.6. The Morgan fingerprint density at radius 1 is 0.761 bits per heavy atom. The largest absolute Gasteiger partial charge is 0.497 e. The zero-order valence-electron chi connectivity index (χ0n) is 43.1. The first-order valence-electron chi connectivity index (χ1n) is 24.3. The van der Waals surface area contributed by atoms with Crippen LogP contribution in [-0.2, 0) is 57.5 Å². The molecule has 2 N–H and O–H groups in total. The fourth-order valence-electron chi connectivity index (χ4n) is 8.34. The lowest BCUT2D eigenvalue weighted by Gasteiger charge is -2.43. The number of benzene rings is 3. The van der Waals surface area contributed by atoms with Gasteiger partial charge in [0, 0.05) is 63.8 Å². The van der Waals surface area contributed by atoms with Gasteiger partial charge in [-0.2, -0.15) is 0 Å². The van der Waals surface area contributed by atoms with E-state index >= 15 is 0 Å². The highest BCUT2D eigenvalue weighted by molar-refractivity contribution is 7.44. The number of nitrogens with one attached hydrogen (secondary N) is 2. The van der Waals surface area contributed by atoms with Crippen LogP contribution in [0.2, 0.25) is 0 Å². The summed E-state index contributed by atoms with van der Waals surface area (Å²) in [6.45, 7) is 22.8. The number of methoxy groups -OCH3 is 2. The van der Waals surface area contributed by atoms with Gasteiger partial charge in [-0.1, -0.05) is 68.4 Å². The number of carbonyl (C=O) groups excluding carboxylic acids is 4. The highest BCUT2D eigenvalue weighted by Crippen LogP contribution is 2.46. The zero-order chi connectivity index (χ0) is 51.9. The maximum atomic E-state index is 13.8. The molecule has 0 aliphatic carbocycles. The minimum atomic E-state index is -1.65. The van der Waals surface area contributed by atoms with Crippen LogP contribution in [0, 0.1) is 18.4 Å². The van der Waals surface area contributed by atoms with Crippen LogP contribution in [0.5, 0.6) is 11.5 Å².